The second kappa shape index (κ2) is 14.1. The van der Waals surface area contributed by atoms with Gasteiger partial charge in [0.05, 0.1) is 6.42 Å². The molecule has 0 heterocycles. The fraction of sp³-hybridized carbons (Fsp3) is 0.682. The van der Waals surface area contributed by atoms with E-state index in [9.17, 15) is 4.79 Å². The van der Waals surface area contributed by atoms with Gasteiger partial charge in [0.2, 0.25) is 0 Å². The molecule has 136 valence electrons. The van der Waals surface area contributed by atoms with Crippen LogP contribution >= 0.6 is 0 Å². The van der Waals surface area contributed by atoms with Crippen LogP contribution in [0.1, 0.15) is 90.0 Å². The van der Waals surface area contributed by atoms with Crippen molar-refractivity contribution in [3.05, 3.63) is 35.9 Å². The highest BCUT2D eigenvalue weighted by molar-refractivity contribution is 5.72. The molecule has 0 spiro atoms. The highest BCUT2D eigenvalue weighted by Gasteiger charge is 2.13. The van der Waals surface area contributed by atoms with Gasteiger partial charge in [-0.15, -0.1) is 0 Å². The van der Waals surface area contributed by atoms with Crippen LogP contribution in [0.4, 0.5) is 0 Å². The van der Waals surface area contributed by atoms with Gasteiger partial charge in [0.15, 0.2) is 0 Å². The third kappa shape index (κ3) is 10.5. The average molecular weight is 333 g/mol. The smallest absolute Gasteiger partial charge is 0.310 e. The summed E-state index contributed by atoms with van der Waals surface area (Å²) in [7, 11) is 0. The minimum atomic E-state index is -0.0841. The second-order valence-corrected chi connectivity index (χ2v) is 6.83. The van der Waals surface area contributed by atoms with Gasteiger partial charge in [-0.2, -0.15) is 0 Å². The Labute approximate surface area is 149 Å². The summed E-state index contributed by atoms with van der Waals surface area (Å²) in [5.41, 5.74) is 1.03. The van der Waals surface area contributed by atoms with E-state index in [1.807, 2.05) is 30.3 Å². The molecule has 0 amide bonds. The Morgan fingerprint density at radius 1 is 0.833 bits per heavy atom. The average Bonchev–Trinajstić information content (AvgIpc) is 2.58. The van der Waals surface area contributed by atoms with Crippen molar-refractivity contribution in [2.45, 2.75) is 97.0 Å². The van der Waals surface area contributed by atoms with E-state index >= 15 is 0 Å². The van der Waals surface area contributed by atoms with E-state index in [2.05, 4.69) is 13.8 Å². The van der Waals surface area contributed by atoms with E-state index in [1.54, 1.807) is 0 Å². The van der Waals surface area contributed by atoms with Crippen molar-refractivity contribution in [1.82, 2.24) is 0 Å². The standard InChI is InChI=1S/C22H36O2/c1-3-5-6-7-8-9-10-14-18-21(15-4-2)24-22(23)19-20-16-12-11-13-17-20/h11-13,16-17,21H,3-10,14-15,18-19H2,1-2H3. The van der Waals surface area contributed by atoms with Gasteiger partial charge >= 0.3 is 5.97 Å². The van der Waals surface area contributed by atoms with Gasteiger partial charge in [0, 0.05) is 0 Å². The Morgan fingerprint density at radius 2 is 1.46 bits per heavy atom. The lowest BCUT2D eigenvalue weighted by Gasteiger charge is -2.17. The Balaban J connectivity index is 2.17. The monoisotopic (exact) mass is 332 g/mol. The molecule has 0 aliphatic carbocycles. The number of esters is 1. The van der Waals surface area contributed by atoms with Crippen molar-refractivity contribution in [1.29, 1.82) is 0 Å². The minimum Gasteiger partial charge on any atom is -0.462 e. The number of rotatable bonds is 14. The molecule has 1 aromatic carbocycles. The molecular formula is C22H36O2. The first-order valence-electron chi connectivity index (χ1n) is 9.99. The summed E-state index contributed by atoms with van der Waals surface area (Å²) in [6.45, 7) is 4.42. The van der Waals surface area contributed by atoms with E-state index in [1.165, 1.54) is 51.4 Å². The predicted molar refractivity (Wildman–Crippen MR) is 102 cm³/mol. The van der Waals surface area contributed by atoms with Crippen LogP contribution in [-0.2, 0) is 16.0 Å². The summed E-state index contributed by atoms with van der Waals surface area (Å²) in [5.74, 6) is -0.0841. The summed E-state index contributed by atoms with van der Waals surface area (Å²) >= 11 is 0. The molecule has 1 atom stereocenters. The molecule has 0 aromatic heterocycles. The van der Waals surface area contributed by atoms with Crippen molar-refractivity contribution >= 4 is 5.97 Å². The number of ether oxygens (including phenoxy) is 1. The second-order valence-electron chi connectivity index (χ2n) is 6.83. The fourth-order valence-electron chi connectivity index (χ4n) is 3.08. The van der Waals surface area contributed by atoms with Gasteiger partial charge in [-0.1, -0.05) is 95.5 Å². The van der Waals surface area contributed by atoms with Gasteiger partial charge in [-0.05, 0) is 24.8 Å². The molecule has 0 N–H and O–H groups in total. The van der Waals surface area contributed by atoms with E-state index in [0.717, 1.165) is 24.8 Å². The number of carbonyl (C=O) groups excluding carboxylic acids is 1. The molecule has 0 radical (unpaired) electrons. The maximum atomic E-state index is 12.1. The molecule has 24 heavy (non-hydrogen) atoms. The fourth-order valence-corrected chi connectivity index (χ4v) is 3.08. The molecule has 0 aliphatic heterocycles. The minimum absolute atomic E-state index is 0.0841. The van der Waals surface area contributed by atoms with Crippen molar-refractivity contribution < 1.29 is 9.53 Å². The predicted octanol–water partition coefficient (Wildman–Crippen LogP) is 6.47. The Hall–Kier alpha value is -1.31. The van der Waals surface area contributed by atoms with Gasteiger partial charge in [-0.25, -0.2) is 0 Å². The first-order valence-corrected chi connectivity index (χ1v) is 9.99. The molecule has 2 nitrogen and oxygen atoms in total. The lowest BCUT2D eigenvalue weighted by molar-refractivity contribution is -0.149. The zero-order valence-electron chi connectivity index (χ0n) is 15.8. The molecule has 0 fully saturated rings. The van der Waals surface area contributed by atoms with Crippen molar-refractivity contribution in [2.24, 2.45) is 0 Å². The number of benzene rings is 1. The van der Waals surface area contributed by atoms with Crippen LogP contribution < -0.4 is 0 Å². The third-order valence-electron chi connectivity index (χ3n) is 4.48. The van der Waals surface area contributed by atoms with Gasteiger partial charge in [0.25, 0.3) is 0 Å². The number of unbranched alkanes of at least 4 members (excludes halogenated alkanes) is 7. The number of hydrogen-bond donors (Lipinski definition) is 0. The maximum absolute atomic E-state index is 12.1. The summed E-state index contributed by atoms with van der Waals surface area (Å²) < 4.78 is 5.72. The number of carbonyl (C=O) groups is 1. The quantitative estimate of drug-likeness (QED) is 0.288. The van der Waals surface area contributed by atoms with Crippen LogP contribution in [0, 0.1) is 0 Å². The van der Waals surface area contributed by atoms with E-state index in [-0.39, 0.29) is 12.1 Å². The molecule has 0 bridgehead atoms. The molecule has 0 saturated heterocycles. The zero-order chi connectivity index (χ0) is 17.5. The highest BCUT2D eigenvalue weighted by atomic mass is 16.5. The third-order valence-corrected chi connectivity index (χ3v) is 4.48. The topological polar surface area (TPSA) is 26.3 Å². The Bertz CT molecular complexity index is 413. The molecule has 0 saturated carbocycles. The molecule has 1 aromatic rings. The van der Waals surface area contributed by atoms with Crippen LogP contribution in [0.2, 0.25) is 0 Å². The molecular weight excluding hydrogens is 296 g/mol. The Morgan fingerprint density at radius 3 is 2.08 bits per heavy atom. The largest absolute Gasteiger partial charge is 0.462 e. The first-order chi connectivity index (χ1) is 11.8. The van der Waals surface area contributed by atoms with Crippen molar-refractivity contribution in [2.75, 3.05) is 0 Å². The SMILES string of the molecule is CCCCCCCCCCC(CCC)OC(=O)Cc1ccccc1. The number of hydrogen-bond acceptors (Lipinski definition) is 2. The van der Waals surface area contributed by atoms with E-state index < -0.39 is 0 Å². The van der Waals surface area contributed by atoms with Crippen LogP contribution in [0.5, 0.6) is 0 Å². The van der Waals surface area contributed by atoms with Gasteiger partial charge in [0.1, 0.15) is 6.10 Å². The van der Waals surface area contributed by atoms with Crippen LogP contribution in [0.15, 0.2) is 30.3 Å². The van der Waals surface area contributed by atoms with Crippen LogP contribution in [-0.4, -0.2) is 12.1 Å². The summed E-state index contributed by atoms with van der Waals surface area (Å²) in [6.07, 6.45) is 14.1. The molecule has 1 rings (SSSR count). The summed E-state index contributed by atoms with van der Waals surface area (Å²) in [6, 6.07) is 9.86. The van der Waals surface area contributed by atoms with Gasteiger partial charge in [-0.3, -0.25) is 4.79 Å². The lowest BCUT2D eigenvalue weighted by Crippen LogP contribution is -2.19. The summed E-state index contributed by atoms with van der Waals surface area (Å²) in [5, 5.41) is 0. The lowest BCUT2D eigenvalue weighted by atomic mass is 10.0. The van der Waals surface area contributed by atoms with Crippen LogP contribution in [0.3, 0.4) is 0 Å². The maximum Gasteiger partial charge on any atom is 0.310 e. The highest BCUT2D eigenvalue weighted by Crippen LogP contribution is 2.15. The van der Waals surface area contributed by atoms with Gasteiger partial charge < -0.3 is 4.74 Å². The van der Waals surface area contributed by atoms with E-state index in [4.69, 9.17) is 4.74 Å². The molecule has 0 aliphatic rings. The Kier molecular flexibility index (Phi) is 12.2. The first kappa shape index (κ1) is 20.7. The van der Waals surface area contributed by atoms with Crippen molar-refractivity contribution in [3.63, 3.8) is 0 Å². The summed E-state index contributed by atoms with van der Waals surface area (Å²) in [4.78, 5) is 12.1. The molecule has 2 heteroatoms. The normalized spacial score (nSPS) is 12.1. The van der Waals surface area contributed by atoms with Crippen LogP contribution in [0.25, 0.3) is 0 Å². The zero-order valence-corrected chi connectivity index (χ0v) is 15.8. The molecule has 1 unspecified atom stereocenters. The van der Waals surface area contributed by atoms with Crippen molar-refractivity contribution in [3.8, 4) is 0 Å². The van der Waals surface area contributed by atoms with E-state index in [0.29, 0.717) is 6.42 Å².